The van der Waals surface area contributed by atoms with Crippen LogP contribution in [0.5, 0.6) is 5.75 Å². The van der Waals surface area contributed by atoms with E-state index in [0.717, 1.165) is 5.75 Å². The molecule has 17 heavy (non-hydrogen) atoms. The first-order chi connectivity index (χ1) is 8.29. The predicted octanol–water partition coefficient (Wildman–Crippen LogP) is 1.58. The Balaban J connectivity index is 2.11. The Morgan fingerprint density at radius 2 is 2.35 bits per heavy atom. The summed E-state index contributed by atoms with van der Waals surface area (Å²) >= 11 is 0. The van der Waals surface area contributed by atoms with Crippen LogP contribution in [0.15, 0.2) is 43.0 Å². The summed E-state index contributed by atoms with van der Waals surface area (Å²) in [5.41, 5.74) is 0.671. The van der Waals surface area contributed by atoms with E-state index in [9.17, 15) is 4.79 Å². The van der Waals surface area contributed by atoms with E-state index in [2.05, 4.69) is 4.98 Å². The maximum absolute atomic E-state index is 12.0. The van der Waals surface area contributed by atoms with Gasteiger partial charge in [-0.25, -0.2) is 4.57 Å². The first-order valence-corrected chi connectivity index (χ1v) is 5.57. The van der Waals surface area contributed by atoms with Crippen molar-refractivity contribution >= 4 is 5.78 Å². The highest BCUT2D eigenvalue weighted by Gasteiger charge is 2.10. The molecule has 0 amide bonds. The van der Waals surface area contributed by atoms with Gasteiger partial charge in [0.1, 0.15) is 18.1 Å². The van der Waals surface area contributed by atoms with Crippen LogP contribution in [0.1, 0.15) is 17.3 Å². The Kier molecular flexibility index (Phi) is 3.55. The Labute approximate surface area is 99.9 Å². The van der Waals surface area contributed by atoms with Crippen LogP contribution in [0.25, 0.3) is 0 Å². The Morgan fingerprint density at radius 3 is 3.06 bits per heavy atom. The van der Waals surface area contributed by atoms with Gasteiger partial charge in [0.25, 0.3) is 0 Å². The van der Waals surface area contributed by atoms with Crippen molar-refractivity contribution in [3.63, 3.8) is 0 Å². The molecule has 0 unspecified atom stereocenters. The Morgan fingerprint density at radius 1 is 1.47 bits per heavy atom. The van der Waals surface area contributed by atoms with E-state index >= 15 is 0 Å². The molecule has 0 atom stereocenters. The van der Waals surface area contributed by atoms with Crippen LogP contribution in [0.4, 0.5) is 0 Å². The number of ketones is 1. The van der Waals surface area contributed by atoms with Gasteiger partial charge in [-0.3, -0.25) is 9.78 Å². The summed E-state index contributed by atoms with van der Waals surface area (Å²) in [6, 6.07) is 7.26. The standard InChI is InChI=1S/C13H14N2O2/c1-2-17-12-5-3-4-11(8-12)13(16)9-15-7-6-14-10-15/h3-8,10H,2,9H2,1H3/p+1. The molecule has 0 saturated heterocycles. The third kappa shape index (κ3) is 2.93. The van der Waals surface area contributed by atoms with E-state index in [1.54, 1.807) is 29.2 Å². The van der Waals surface area contributed by atoms with Gasteiger partial charge in [0, 0.05) is 5.56 Å². The molecule has 0 spiro atoms. The molecule has 0 aliphatic heterocycles. The van der Waals surface area contributed by atoms with Crippen LogP contribution in [0.2, 0.25) is 0 Å². The fraction of sp³-hybridized carbons (Fsp3) is 0.231. The van der Waals surface area contributed by atoms with Gasteiger partial charge < -0.3 is 4.74 Å². The number of rotatable bonds is 5. The summed E-state index contributed by atoms with van der Waals surface area (Å²) in [6.45, 7) is 2.85. The summed E-state index contributed by atoms with van der Waals surface area (Å²) in [4.78, 5) is 14.9. The highest BCUT2D eigenvalue weighted by molar-refractivity contribution is 5.95. The Hall–Kier alpha value is -2.10. The molecule has 4 nitrogen and oxygen atoms in total. The number of carbonyl (C=O) groups excluding carboxylic acids is 1. The van der Waals surface area contributed by atoms with Crippen molar-refractivity contribution < 1.29 is 14.1 Å². The van der Waals surface area contributed by atoms with E-state index in [0.29, 0.717) is 18.7 Å². The third-order valence-corrected chi connectivity index (χ3v) is 2.40. The van der Waals surface area contributed by atoms with Gasteiger partial charge in [-0.15, -0.1) is 0 Å². The fourth-order valence-electron chi connectivity index (χ4n) is 1.60. The molecule has 0 saturated carbocycles. The maximum Gasteiger partial charge on any atom is 0.241 e. The number of H-pyrrole nitrogens is 1. The monoisotopic (exact) mass is 231 g/mol. The van der Waals surface area contributed by atoms with E-state index in [4.69, 9.17) is 4.74 Å². The van der Waals surface area contributed by atoms with Crippen molar-refractivity contribution in [3.05, 3.63) is 48.5 Å². The highest BCUT2D eigenvalue weighted by Crippen LogP contribution is 2.13. The lowest BCUT2D eigenvalue weighted by atomic mass is 10.1. The largest absolute Gasteiger partial charge is 0.494 e. The normalized spacial score (nSPS) is 10.2. The molecule has 0 radical (unpaired) electrons. The van der Waals surface area contributed by atoms with Crippen molar-refractivity contribution in [1.29, 1.82) is 0 Å². The van der Waals surface area contributed by atoms with Crippen molar-refractivity contribution in [1.82, 2.24) is 4.98 Å². The van der Waals surface area contributed by atoms with Crippen molar-refractivity contribution in [3.8, 4) is 5.75 Å². The molecular formula is C13H15N2O2+. The molecule has 88 valence electrons. The van der Waals surface area contributed by atoms with Gasteiger partial charge in [-0.2, -0.15) is 0 Å². The Bertz CT molecular complexity index is 492. The average molecular weight is 231 g/mol. The molecule has 0 bridgehead atoms. The lowest BCUT2D eigenvalue weighted by Crippen LogP contribution is -2.35. The number of hydrogen-bond donors (Lipinski definition) is 1. The van der Waals surface area contributed by atoms with Gasteiger partial charge in [0.05, 0.1) is 6.61 Å². The molecule has 2 rings (SSSR count). The molecule has 0 aliphatic carbocycles. The maximum atomic E-state index is 12.0. The van der Waals surface area contributed by atoms with Gasteiger partial charge in [0.15, 0.2) is 6.54 Å². The number of carbonyl (C=O) groups is 1. The molecule has 2 aromatic rings. The van der Waals surface area contributed by atoms with Crippen LogP contribution in [-0.2, 0) is 6.54 Å². The molecule has 1 aromatic heterocycles. The predicted molar refractivity (Wildman–Crippen MR) is 62.9 cm³/mol. The number of Topliss-reactive ketones (excluding diaryl/α,β-unsaturated/α-hetero) is 1. The number of nitrogens with zero attached hydrogens (tertiary/aromatic N) is 1. The second kappa shape index (κ2) is 5.30. The number of aromatic nitrogens is 2. The quantitative estimate of drug-likeness (QED) is 0.627. The molecular weight excluding hydrogens is 216 g/mol. The second-order valence-corrected chi connectivity index (χ2v) is 3.67. The molecule has 1 aromatic carbocycles. The first kappa shape index (κ1) is 11.4. The molecule has 4 heteroatoms. The zero-order valence-corrected chi connectivity index (χ0v) is 9.72. The topological polar surface area (TPSA) is 46.0 Å². The number of aromatic amines is 1. The van der Waals surface area contributed by atoms with E-state index < -0.39 is 0 Å². The van der Waals surface area contributed by atoms with E-state index in [-0.39, 0.29) is 5.78 Å². The lowest BCUT2D eigenvalue weighted by molar-refractivity contribution is -0.681. The number of benzene rings is 1. The van der Waals surface area contributed by atoms with E-state index in [1.165, 1.54) is 0 Å². The summed E-state index contributed by atoms with van der Waals surface area (Å²) in [5.74, 6) is 0.800. The summed E-state index contributed by atoms with van der Waals surface area (Å²) in [7, 11) is 0. The van der Waals surface area contributed by atoms with Crippen LogP contribution in [0.3, 0.4) is 0 Å². The smallest absolute Gasteiger partial charge is 0.241 e. The highest BCUT2D eigenvalue weighted by atomic mass is 16.5. The van der Waals surface area contributed by atoms with Crippen LogP contribution < -0.4 is 9.30 Å². The summed E-state index contributed by atoms with van der Waals surface area (Å²) in [6.07, 6.45) is 5.36. The number of imidazole rings is 1. The molecule has 1 heterocycles. The summed E-state index contributed by atoms with van der Waals surface area (Å²) < 4.78 is 7.17. The van der Waals surface area contributed by atoms with Crippen LogP contribution in [-0.4, -0.2) is 17.4 Å². The molecule has 0 aliphatic rings. The van der Waals surface area contributed by atoms with Gasteiger partial charge >= 0.3 is 0 Å². The van der Waals surface area contributed by atoms with Crippen LogP contribution in [0, 0.1) is 0 Å². The zero-order valence-electron chi connectivity index (χ0n) is 9.72. The van der Waals surface area contributed by atoms with Gasteiger partial charge in [0.2, 0.25) is 12.1 Å². The van der Waals surface area contributed by atoms with Crippen molar-refractivity contribution in [2.24, 2.45) is 0 Å². The molecule has 0 fully saturated rings. The zero-order chi connectivity index (χ0) is 12.1. The number of ether oxygens (including phenoxy) is 1. The first-order valence-electron chi connectivity index (χ1n) is 5.57. The van der Waals surface area contributed by atoms with Crippen molar-refractivity contribution in [2.45, 2.75) is 13.5 Å². The minimum Gasteiger partial charge on any atom is -0.494 e. The minimum absolute atomic E-state index is 0.0659. The fourth-order valence-corrected chi connectivity index (χ4v) is 1.60. The average Bonchev–Trinajstić information content (AvgIpc) is 2.83. The van der Waals surface area contributed by atoms with Crippen molar-refractivity contribution in [2.75, 3.05) is 6.61 Å². The molecule has 1 N–H and O–H groups in total. The number of hydrogen-bond acceptors (Lipinski definition) is 2. The third-order valence-electron chi connectivity index (χ3n) is 2.40. The van der Waals surface area contributed by atoms with Gasteiger partial charge in [-0.1, -0.05) is 12.1 Å². The number of nitrogens with one attached hydrogen (secondary N) is 1. The van der Waals surface area contributed by atoms with E-state index in [1.807, 2.05) is 25.3 Å². The minimum atomic E-state index is 0.0659. The SMILES string of the molecule is CCOc1cccc(C(=O)C[n+]2cc[nH]c2)c1. The lowest BCUT2D eigenvalue weighted by Gasteiger charge is -2.04. The second-order valence-electron chi connectivity index (χ2n) is 3.67. The van der Waals surface area contributed by atoms with Crippen LogP contribution >= 0.6 is 0 Å². The van der Waals surface area contributed by atoms with Gasteiger partial charge in [-0.05, 0) is 19.1 Å². The summed E-state index contributed by atoms with van der Waals surface area (Å²) in [5, 5.41) is 0.